The monoisotopic (exact) mass is 397 g/mol. The largest absolute Gasteiger partial charge is 0.351 e. The summed E-state index contributed by atoms with van der Waals surface area (Å²) in [5.74, 6) is -0.901. The van der Waals surface area contributed by atoms with E-state index in [0.717, 1.165) is 38.3 Å². The summed E-state index contributed by atoms with van der Waals surface area (Å²) < 4.78 is 14.3. The number of halogens is 3. The first-order valence-corrected chi connectivity index (χ1v) is 8.78. The van der Waals surface area contributed by atoms with E-state index < -0.39 is 5.82 Å². The zero-order chi connectivity index (χ0) is 17.6. The number of nitrogens with zero attached hydrogens (tertiary/aromatic N) is 1. The molecular weight excluding hydrogens is 376 g/mol. The summed E-state index contributed by atoms with van der Waals surface area (Å²) >= 11 is 5.87. The van der Waals surface area contributed by atoms with Gasteiger partial charge in [-0.3, -0.25) is 9.69 Å². The average molecular weight is 398 g/mol. The lowest BCUT2D eigenvalue weighted by Crippen LogP contribution is -2.46. The van der Waals surface area contributed by atoms with Gasteiger partial charge < -0.3 is 10.6 Å². The van der Waals surface area contributed by atoms with E-state index in [9.17, 15) is 9.18 Å². The molecule has 0 aliphatic carbocycles. The smallest absolute Gasteiger partial charge is 0.254 e. The van der Waals surface area contributed by atoms with Crippen LogP contribution in [0.4, 0.5) is 4.39 Å². The van der Waals surface area contributed by atoms with Gasteiger partial charge in [-0.25, -0.2) is 4.39 Å². The van der Waals surface area contributed by atoms with Crippen molar-refractivity contribution < 1.29 is 9.18 Å². The van der Waals surface area contributed by atoms with Crippen molar-refractivity contribution in [2.24, 2.45) is 0 Å². The molecule has 26 heavy (non-hydrogen) atoms. The molecule has 140 valence electrons. The quantitative estimate of drug-likeness (QED) is 0.813. The molecule has 1 amide bonds. The molecule has 7 heteroatoms. The molecule has 1 fully saturated rings. The van der Waals surface area contributed by atoms with Gasteiger partial charge >= 0.3 is 0 Å². The Morgan fingerprint density at radius 2 is 1.77 bits per heavy atom. The molecule has 1 aliphatic rings. The number of amides is 1. The van der Waals surface area contributed by atoms with Crippen LogP contribution in [-0.2, 0) is 0 Å². The minimum Gasteiger partial charge on any atom is -0.351 e. The second-order valence-corrected chi connectivity index (χ2v) is 6.49. The van der Waals surface area contributed by atoms with Crippen molar-refractivity contribution in [1.82, 2.24) is 15.5 Å². The van der Waals surface area contributed by atoms with Gasteiger partial charge in [0.05, 0.1) is 5.56 Å². The number of rotatable bonds is 5. The van der Waals surface area contributed by atoms with Gasteiger partial charge in [-0.15, -0.1) is 12.4 Å². The zero-order valence-electron chi connectivity index (χ0n) is 14.3. The van der Waals surface area contributed by atoms with E-state index in [0.29, 0.717) is 17.1 Å². The first-order valence-electron chi connectivity index (χ1n) is 8.40. The van der Waals surface area contributed by atoms with Crippen LogP contribution in [0.3, 0.4) is 0 Å². The topological polar surface area (TPSA) is 44.4 Å². The predicted molar refractivity (Wildman–Crippen MR) is 106 cm³/mol. The molecule has 2 N–H and O–H groups in total. The lowest BCUT2D eigenvalue weighted by Gasteiger charge is -2.27. The summed E-state index contributed by atoms with van der Waals surface area (Å²) in [6.07, 6.45) is 0. The molecule has 2 aromatic rings. The molecular formula is C19H22Cl2FN3O. The van der Waals surface area contributed by atoms with E-state index in [4.69, 9.17) is 11.6 Å². The fraction of sp³-hybridized carbons (Fsp3) is 0.316. The summed E-state index contributed by atoms with van der Waals surface area (Å²) in [6.45, 7) is 5.17. The lowest BCUT2D eigenvalue weighted by atomic mass is 10.0. The highest BCUT2D eigenvalue weighted by Gasteiger charge is 2.14. The van der Waals surface area contributed by atoms with Crippen molar-refractivity contribution in [2.75, 3.05) is 39.3 Å². The molecule has 0 spiro atoms. The number of hydrogen-bond donors (Lipinski definition) is 2. The molecule has 0 bridgehead atoms. The first-order chi connectivity index (χ1) is 12.1. The molecule has 0 radical (unpaired) electrons. The summed E-state index contributed by atoms with van der Waals surface area (Å²) in [7, 11) is 0. The van der Waals surface area contributed by atoms with Crippen molar-refractivity contribution in [2.45, 2.75) is 0 Å². The van der Waals surface area contributed by atoms with Crippen LogP contribution < -0.4 is 10.6 Å². The normalized spacial score (nSPS) is 14.5. The van der Waals surface area contributed by atoms with Crippen LogP contribution in [0.5, 0.6) is 0 Å². The molecule has 1 saturated heterocycles. The molecule has 1 heterocycles. The highest BCUT2D eigenvalue weighted by molar-refractivity contribution is 6.30. The lowest BCUT2D eigenvalue weighted by molar-refractivity contribution is 0.0943. The maximum atomic E-state index is 14.3. The average Bonchev–Trinajstić information content (AvgIpc) is 2.63. The van der Waals surface area contributed by atoms with Gasteiger partial charge in [0.25, 0.3) is 5.91 Å². The Labute approximate surface area is 164 Å². The molecule has 0 atom stereocenters. The number of hydrogen-bond acceptors (Lipinski definition) is 3. The Morgan fingerprint density at radius 3 is 2.42 bits per heavy atom. The van der Waals surface area contributed by atoms with E-state index in [2.05, 4.69) is 15.5 Å². The summed E-state index contributed by atoms with van der Waals surface area (Å²) in [5, 5.41) is 6.71. The fourth-order valence-electron chi connectivity index (χ4n) is 2.88. The van der Waals surface area contributed by atoms with Gasteiger partial charge in [0, 0.05) is 44.3 Å². The van der Waals surface area contributed by atoms with Gasteiger partial charge in [0.15, 0.2) is 0 Å². The Morgan fingerprint density at radius 1 is 1.12 bits per heavy atom. The van der Waals surface area contributed by atoms with E-state index in [-0.39, 0.29) is 23.9 Å². The molecule has 0 saturated carbocycles. The van der Waals surface area contributed by atoms with Crippen molar-refractivity contribution in [3.63, 3.8) is 0 Å². The van der Waals surface area contributed by atoms with E-state index in [1.807, 2.05) is 12.1 Å². The third-order valence-electron chi connectivity index (χ3n) is 4.31. The molecule has 1 aliphatic heterocycles. The van der Waals surface area contributed by atoms with Crippen molar-refractivity contribution in [1.29, 1.82) is 0 Å². The van der Waals surface area contributed by atoms with Crippen LogP contribution in [0.1, 0.15) is 10.4 Å². The Bertz CT molecular complexity index is 734. The molecule has 3 rings (SSSR count). The third-order valence-corrected chi connectivity index (χ3v) is 4.57. The van der Waals surface area contributed by atoms with Crippen LogP contribution in [0.25, 0.3) is 11.1 Å². The van der Waals surface area contributed by atoms with Gasteiger partial charge in [-0.2, -0.15) is 0 Å². The third kappa shape index (κ3) is 5.42. The van der Waals surface area contributed by atoms with Crippen LogP contribution in [0, 0.1) is 5.82 Å². The second kappa shape index (κ2) is 9.88. The Balaban J connectivity index is 0.00000243. The van der Waals surface area contributed by atoms with Crippen LogP contribution in [-0.4, -0.2) is 50.1 Å². The number of carbonyl (C=O) groups excluding carboxylic acids is 1. The van der Waals surface area contributed by atoms with Gasteiger partial charge in [-0.1, -0.05) is 29.8 Å². The zero-order valence-corrected chi connectivity index (χ0v) is 15.9. The van der Waals surface area contributed by atoms with Crippen molar-refractivity contribution >= 4 is 29.9 Å². The number of piperazine rings is 1. The molecule has 0 aromatic heterocycles. The SMILES string of the molecule is Cl.O=C(NCCN1CCNCC1)c1ccc(-c2ccc(Cl)cc2)cc1F. The predicted octanol–water partition coefficient (Wildman–Crippen LogP) is 3.20. The Kier molecular flexibility index (Phi) is 7.85. The van der Waals surface area contributed by atoms with E-state index >= 15 is 0 Å². The van der Waals surface area contributed by atoms with Crippen molar-refractivity contribution in [3.05, 3.63) is 58.9 Å². The Hall–Kier alpha value is -1.66. The summed E-state index contributed by atoms with van der Waals surface area (Å²) in [5.41, 5.74) is 1.64. The summed E-state index contributed by atoms with van der Waals surface area (Å²) in [4.78, 5) is 14.5. The van der Waals surface area contributed by atoms with Gasteiger partial charge in [0.1, 0.15) is 5.82 Å². The second-order valence-electron chi connectivity index (χ2n) is 6.05. The minimum atomic E-state index is -0.521. The van der Waals surface area contributed by atoms with Gasteiger partial charge in [-0.05, 0) is 35.4 Å². The number of nitrogens with one attached hydrogen (secondary N) is 2. The van der Waals surface area contributed by atoms with E-state index in [1.165, 1.54) is 12.1 Å². The highest BCUT2D eigenvalue weighted by Crippen LogP contribution is 2.23. The minimum absolute atomic E-state index is 0. The van der Waals surface area contributed by atoms with Crippen LogP contribution >= 0.6 is 24.0 Å². The molecule has 2 aromatic carbocycles. The summed E-state index contributed by atoms with van der Waals surface area (Å²) in [6, 6.07) is 11.8. The number of benzene rings is 2. The van der Waals surface area contributed by atoms with Crippen LogP contribution in [0.2, 0.25) is 5.02 Å². The van der Waals surface area contributed by atoms with Crippen molar-refractivity contribution in [3.8, 4) is 11.1 Å². The maximum absolute atomic E-state index is 14.3. The van der Waals surface area contributed by atoms with E-state index in [1.54, 1.807) is 18.2 Å². The highest BCUT2D eigenvalue weighted by atomic mass is 35.5. The molecule has 4 nitrogen and oxygen atoms in total. The fourth-order valence-corrected chi connectivity index (χ4v) is 3.00. The van der Waals surface area contributed by atoms with Gasteiger partial charge in [0.2, 0.25) is 0 Å². The number of carbonyl (C=O) groups is 1. The molecule has 0 unspecified atom stereocenters. The van der Waals surface area contributed by atoms with Crippen LogP contribution in [0.15, 0.2) is 42.5 Å². The maximum Gasteiger partial charge on any atom is 0.254 e. The first kappa shape index (κ1) is 20.6. The standard InChI is InChI=1S/C19H21ClFN3O.ClH/c20-16-4-1-14(2-5-16)15-3-6-17(18(21)13-15)19(25)23-9-12-24-10-7-22-8-11-24;/h1-6,13,22H,7-12H2,(H,23,25);1H.